The van der Waals surface area contributed by atoms with Gasteiger partial charge in [-0.1, -0.05) is 72.7 Å². The molecule has 2 N–H and O–H groups in total. The van der Waals surface area contributed by atoms with E-state index in [1.165, 1.54) is 10.9 Å². The van der Waals surface area contributed by atoms with Crippen LogP contribution in [-0.2, 0) is 20.1 Å². The fourth-order valence-corrected chi connectivity index (χ4v) is 5.65. The molecular weight excluding hydrogens is 773 g/mol. The van der Waals surface area contributed by atoms with Crippen molar-refractivity contribution in [2.75, 3.05) is 0 Å². The van der Waals surface area contributed by atoms with Crippen molar-refractivity contribution in [3.8, 4) is 28.5 Å². The summed E-state index contributed by atoms with van der Waals surface area (Å²) in [4.78, 5) is 23.0. The molecule has 0 aliphatic carbocycles. The minimum Gasteiger partial charge on any atom is -0.511 e. The van der Waals surface area contributed by atoms with E-state index in [0.717, 1.165) is 69.8 Å². The molecule has 6 nitrogen and oxygen atoms in total. The minimum atomic E-state index is -0.226. The Kier molecular flexibility index (Phi) is 12.9. The molecule has 0 amide bonds. The molecule has 2 aromatic heterocycles. The van der Waals surface area contributed by atoms with Gasteiger partial charge < -0.3 is 10.1 Å². The van der Waals surface area contributed by atoms with Crippen LogP contribution in [0.4, 0.5) is 0 Å². The second-order valence-corrected chi connectivity index (χ2v) is 12.9. The van der Waals surface area contributed by atoms with Crippen LogP contribution in [0.3, 0.4) is 0 Å². The van der Waals surface area contributed by atoms with E-state index in [9.17, 15) is 9.90 Å². The Hall–Kier alpha value is -4.24. The number of aliphatic hydroxyl groups is 1. The largest absolute Gasteiger partial charge is 0.511 e. The fourth-order valence-electron chi connectivity index (χ4n) is 5.65. The van der Waals surface area contributed by atoms with Crippen LogP contribution < -0.4 is 0 Å². The first-order valence-corrected chi connectivity index (χ1v) is 16.4. The Labute approximate surface area is 298 Å². The minimum absolute atomic E-state index is 0. The molecule has 3 aromatic carbocycles. The molecule has 5 rings (SSSR count). The molecule has 251 valence electrons. The number of nitriles is 1. The summed E-state index contributed by atoms with van der Waals surface area (Å²) in [5.41, 5.74) is 5.73. The smallest absolute Gasteiger partial charge is 0.325 e. The van der Waals surface area contributed by atoms with Crippen molar-refractivity contribution >= 4 is 27.3 Å². The number of aliphatic hydroxyl groups excluding tert-OH is 1. The number of aryl methyl sites for hydroxylation is 2. The molecule has 0 saturated heterocycles. The summed E-state index contributed by atoms with van der Waals surface area (Å²) < 4.78 is 0. The summed E-state index contributed by atoms with van der Waals surface area (Å²) in [6.45, 7) is 16.5. The zero-order chi connectivity index (χ0) is 34.4. The molecule has 0 aliphatic rings. The monoisotopic (exact) mass is 819 g/mol. The van der Waals surface area contributed by atoms with Crippen molar-refractivity contribution < 1.29 is 30.0 Å². The van der Waals surface area contributed by atoms with Gasteiger partial charge in [0.15, 0.2) is 0 Å². The summed E-state index contributed by atoms with van der Waals surface area (Å²) in [5, 5.41) is 23.6. The molecule has 7 heteroatoms. The zero-order valence-electron chi connectivity index (χ0n) is 29.3. The number of rotatable bonds is 9. The molecule has 0 saturated carbocycles. The zero-order valence-corrected chi connectivity index (χ0v) is 31.7. The van der Waals surface area contributed by atoms with E-state index in [2.05, 4.69) is 111 Å². The van der Waals surface area contributed by atoms with Crippen LogP contribution >= 0.6 is 0 Å². The van der Waals surface area contributed by atoms with Gasteiger partial charge in [0.25, 0.3) is 0 Å². The summed E-state index contributed by atoms with van der Waals surface area (Å²) >= 11 is 0. The third-order valence-electron chi connectivity index (χ3n) is 9.88. The van der Waals surface area contributed by atoms with Crippen LogP contribution in [0.25, 0.3) is 43.9 Å². The fraction of sp³-hybridized carbons (Fsp3) is 0.341. The van der Waals surface area contributed by atoms with Gasteiger partial charge in [0.1, 0.15) is 11.8 Å². The number of aromatic nitrogens is 3. The van der Waals surface area contributed by atoms with E-state index in [-0.39, 0.29) is 36.8 Å². The van der Waals surface area contributed by atoms with Crippen molar-refractivity contribution in [2.45, 2.75) is 81.1 Å². The predicted octanol–water partition coefficient (Wildman–Crippen LogP) is 10.4. The molecule has 0 fully saturated rings. The second kappa shape index (κ2) is 16.2. The van der Waals surface area contributed by atoms with Crippen molar-refractivity contribution in [2.24, 2.45) is 10.8 Å². The Balaban J connectivity index is 0.000000301. The molecule has 5 aromatic rings. The first-order chi connectivity index (χ1) is 22.4. The van der Waals surface area contributed by atoms with Gasteiger partial charge >= 0.3 is 5.78 Å². The summed E-state index contributed by atoms with van der Waals surface area (Å²) in [6.07, 6.45) is 10.3. The molecule has 0 aliphatic heterocycles. The van der Waals surface area contributed by atoms with Crippen LogP contribution in [0.5, 0.6) is 0 Å². The SMILES string of the molecule is CCC(C)(CC)C(=[OH+])/C=C(\O)C(C)(CC)CC.Cc1[c-]c(-c2nccc3c2ccc2cc(-c4cnc(C#N)nc4)ccc23)cc(C)c1.[Ir]. The summed E-state index contributed by atoms with van der Waals surface area (Å²) in [7, 11) is 0. The molecule has 1 radical (unpaired) electrons. The molecule has 0 spiro atoms. The average molecular weight is 819 g/mol. The van der Waals surface area contributed by atoms with E-state index < -0.39 is 0 Å². The molecule has 0 bridgehead atoms. The maximum Gasteiger partial charge on any atom is 0.325 e. The Bertz CT molecular complexity index is 1950. The maximum atomic E-state index is 10.2. The summed E-state index contributed by atoms with van der Waals surface area (Å²) in [5.74, 6) is 0.773. The topological polar surface area (TPSA) is 104 Å². The van der Waals surface area contributed by atoms with Gasteiger partial charge in [-0.05, 0) is 77.5 Å². The van der Waals surface area contributed by atoms with Crippen LogP contribution in [0.1, 0.15) is 84.2 Å². The summed E-state index contributed by atoms with van der Waals surface area (Å²) in [6, 6.07) is 22.3. The molecular formula is C41H46IrN4O2. The van der Waals surface area contributed by atoms with E-state index in [1.54, 1.807) is 18.5 Å². The first kappa shape index (κ1) is 38.2. The number of hydrogen-bond donors (Lipinski definition) is 1. The number of fused-ring (bicyclic) bond motifs is 3. The second-order valence-electron chi connectivity index (χ2n) is 12.9. The van der Waals surface area contributed by atoms with Crippen LogP contribution in [0, 0.1) is 42.1 Å². The third kappa shape index (κ3) is 8.24. The Morgan fingerprint density at radius 3 is 2.04 bits per heavy atom. The molecule has 48 heavy (non-hydrogen) atoms. The van der Waals surface area contributed by atoms with Gasteiger partial charge in [0.05, 0.1) is 11.5 Å². The van der Waals surface area contributed by atoms with Gasteiger partial charge in [-0.3, -0.25) is 4.79 Å². The van der Waals surface area contributed by atoms with E-state index >= 15 is 0 Å². The van der Waals surface area contributed by atoms with Crippen LogP contribution in [0.15, 0.2) is 79.0 Å². The predicted molar refractivity (Wildman–Crippen MR) is 194 cm³/mol. The van der Waals surface area contributed by atoms with Crippen molar-refractivity contribution in [3.63, 3.8) is 0 Å². The van der Waals surface area contributed by atoms with Gasteiger partial charge in [0.2, 0.25) is 5.82 Å². The third-order valence-corrected chi connectivity index (χ3v) is 9.88. The van der Waals surface area contributed by atoms with E-state index in [0.29, 0.717) is 11.5 Å². The van der Waals surface area contributed by atoms with Crippen molar-refractivity contribution in [1.82, 2.24) is 15.0 Å². The van der Waals surface area contributed by atoms with E-state index in [1.807, 2.05) is 26.1 Å². The van der Waals surface area contributed by atoms with Gasteiger partial charge in [-0.2, -0.15) is 5.26 Å². The Morgan fingerprint density at radius 2 is 1.46 bits per heavy atom. The normalized spacial score (nSPS) is 11.8. The molecule has 0 atom stereocenters. The van der Waals surface area contributed by atoms with Gasteiger partial charge in [-0.25, -0.2) is 9.97 Å². The van der Waals surface area contributed by atoms with Gasteiger partial charge in [-0.15, -0.1) is 34.9 Å². The quantitative estimate of drug-likeness (QED) is 0.0524. The van der Waals surface area contributed by atoms with Crippen LogP contribution in [-0.4, -0.2) is 30.6 Å². The number of benzene rings is 3. The van der Waals surface area contributed by atoms with Crippen molar-refractivity contribution in [1.29, 1.82) is 5.26 Å². The number of allylic oxidation sites excluding steroid dienone is 2. The van der Waals surface area contributed by atoms with E-state index in [4.69, 9.17) is 5.26 Å². The number of nitrogens with zero attached hydrogens (tertiary/aromatic N) is 4. The van der Waals surface area contributed by atoms with Gasteiger partial charge in [0, 0.05) is 49.7 Å². The van der Waals surface area contributed by atoms with Crippen molar-refractivity contribution in [3.05, 3.63) is 102 Å². The number of ketones is 1. The number of carbonyl (C=O) groups excluding carboxylic acids is 1. The number of hydrogen-bond acceptors (Lipinski definition) is 5. The molecule has 2 heterocycles. The maximum absolute atomic E-state index is 10.2. The average Bonchev–Trinajstić information content (AvgIpc) is 3.10. The van der Waals surface area contributed by atoms with Crippen LogP contribution in [0.2, 0.25) is 0 Å². The first-order valence-electron chi connectivity index (χ1n) is 16.4. The standard InChI is InChI=1S/C26H17N4.C15H28O2.Ir/c1-16-9-17(2)11-20(10-16)26-24-6-4-19-12-18(21-14-29-25(13-27)30-15-21)3-5-22(19)23(24)7-8-28-26;1-7-14(5,8-2)12(16)11-13(17)15(6,9-3)10-4;/h3-10,12,14-15H,1-2H3;11,16H,7-10H2,1-6H3;/q-1;;/p+1/b;12-11-;. The number of pyridine rings is 1. The molecule has 0 unspecified atom stereocenters. The Morgan fingerprint density at radius 1 is 0.833 bits per heavy atom.